The van der Waals surface area contributed by atoms with Gasteiger partial charge in [0, 0.05) is 12.1 Å². The molecule has 1 amide bonds. The topological polar surface area (TPSA) is 77.4 Å². The van der Waals surface area contributed by atoms with Crippen molar-refractivity contribution in [1.29, 1.82) is 0 Å². The van der Waals surface area contributed by atoms with Crippen molar-refractivity contribution in [2.45, 2.75) is 38.5 Å². The minimum absolute atomic E-state index is 0.0103. The molecule has 2 N–H and O–H groups in total. The minimum Gasteiger partial charge on any atom is -0.493 e. The van der Waals surface area contributed by atoms with Gasteiger partial charge in [-0.1, -0.05) is 18.2 Å². The van der Waals surface area contributed by atoms with Gasteiger partial charge in [-0.25, -0.2) is 4.68 Å². The van der Waals surface area contributed by atoms with E-state index in [2.05, 4.69) is 15.7 Å². The molecular formula is C24H25F3N4O3. The summed E-state index contributed by atoms with van der Waals surface area (Å²) in [5, 5.41) is 9.81. The Bertz CT molecular complexity index is 1220. The maximum atomic E-state index is 14.0. The van der Waals surface area contributed by atoms with Crippen LogP contribution in [0.1, 0.15) is 45.6 Å². The highest BCUT2D eigenvalue weighted by Crippen LogP contribution is 2.45. The molecule has 0 aliphatic carbocycles. The summed E-state index contributed by atoms with van der Waals surface area (Å²) >= 11 is 0. The molecule has 1 aromatic heterocycles. The fourth-order valence-corrected chi connectivity index (χ4v) is 4.09. The highest BCUT2D eigenvalue weighted by Gasteiger charge is 2.47. The van der Waals surface area contributed by atoms with E-state index in [-0.39, 0.29) is 17.8 Å². The lowest BCUT2D eigenvalue weighted by atomic mass is 9.96. The van der Waals surface area contributed by atoms with Crippen molar-refractivity contribution < 1.29 is 27.4 Å². The van der Waals surface area contributed by atoms with Crippen LogP contribution in [0.5, 0.6) is 11.5 Å². The summed E-state index contributed by atoms with van der Waals surface area (Å²) < 4.78 is 53.4. The molecule has 0 spiro atoms. The smallest absolute Gasteiger partial charge is 0.410 e. The zero-order valence-corrected chi connectivity index (χ0v) is 19.2. The third-order valence-corrected chi connectivity index (χ3v) is 6.15. The summed E-state index contributed by atoms with van der Waals surface area (Å²) in [4.78, 5) is 13.1. The van der Waals surface area contributed by atoms with Crippen LogP contribution in [0.2, 0.25) is 0 Å². The monoisotopic (exact) mass is 474 g/mol. The largest absolute Gasteiger partial charge is 0.493 e. The molecule has 0 bridgehead atoms. The van der Waals surface area contributed by atoms with E-state index in [1.54, 1.807) is 30.3 Å². The first-order chi connectivity index (χ1) is 16.1. The second kappa shape index (κ2) is 8.92. The van der Waals surface area contributed by atoms with Gasteiger partial charge in [-0.2, -0.15) is 18.3 Å². The van der Waals surface area contributed by atoms with Crippen molar-refractivity contribution in [3.05, 3.63) is 64.8 Å². The van der Waals surface area contributed by atoms with Crippen LogP contribution in [0.25, 0.3) is 0 Å². The number of carbonyl (C=O) groups is 1. The number of ether oxygens (including phenoxy) is 2. The molecule has 7 nitrogen and oxygen atoms in total. The summed E-state index contributed by atoms with van der Waals surface area (Å²) in [6.45, 7) is 3.78. The number of hydrogen-bond acceptors (Lipinski definition) is 5. The number of aryl methyl sites for hydroxylation is 1. The minimum atomic E-state index is -4.56. The molecule has 0 saturated heterocycles. The van der Waals surface area contributed by atoms with Gasteiger partial charge in [0.25, 0.3) is 5.91 Å². The predicted octanol–water partition coefficient (Wildman–Crippen LogP) is 5.43. The molecule has 0 fully saturated rings. The number of rotatable bonds is 5. The molecule has 1 aliphatic heterocycles. The second-order valence-corrected chi connectivity index (χ2v) is 8.16. The zero-order valence-electron chi connectivity index (χ0n) is 19.2. The van der Waals surface area contributed by atoms with Gasteiger partial charge >= 0.3 is 6.18 Å². The molecule has 34 heavy (non-hydrogen) atoms. The van der Waals surface area contributed by atoms with Crippen LogP contribution in [0, 0.1) is 13.8 Å². The van der Waals surface area contributed by atoms with E-state index in [9.17, 15) is 18.0 Å². The van der Waals surface area contributed by atoms with Crippen molar-refractivity contribution in [3.63, 3.8) is 0 Å². The van der Waals surface area contributed by atoms with Gasteiger partial charge in [-0.3, -0.25) is 4.79 Å². The summed E-state index contributed by atoms with van der Waals surface area (Å²) in [5.41, 5.74) is 3.05. The first-order valence-corrected chi connectivity index (χ1v) is 10.6. The van der Waals surface area contributed by atoms with Gasteiger partial charge < -0.3 is 20.1 Å². The fraction of sp³-hybridized carbons (Fsp3) is 0.333. The molecule has 2 heterocycles. The average Bonchev–Trinajstić information content (AvgIpc) is 3.24. The maximum Gasteiger partial charge on any atom is 0.410 e. The molecule has 2 atom stereocenters. The Balaban J connectivity index is 1.71. The van der Waals surface area contributed by atoms with E-state index in [4.69, 9.17) is 9.47 Å². The Morgan fingerprint density at radius 2 is 1.88 bits per heavy atom. The first-order valence-electron chi connectivity index (χ1n) is 10.6. The van der Waals surface area contributed by atoms with E-state index in [1.165, 1.54) is 20.4 Å². The van der Waals surface area contributed by atoms with Crippen LogP contribution in [-0.4, -0.2) is 36.1 Å². The van der Waals surface area contributed by atoms with Crippen LogP contribution < -0.4 is 20.1 Å². The Hall–Kier alpha value is -3.69. The number of aromatic nitrogens is 2. The number of benzene rings is 2. The van der Waals surface area contributed by atoms with E-state index >= 15 is 0 Å². The lowest BCUT2D eigenvalue weighted by molar-refractivity contribution is -0.173. The predicted molar refractivity (Wildman–Crippen MR) is 122 cm³/mol. The number of nitrogens with one attached hydrogen (secondary N) is 2. The number of anilines is 2. The summed E-state index contributed by atoms with van der Waals surface area (Å²) in [6, 6.07) is 7.77. The number of methoxy groups -OCH3 is 2. The molecule has 3 aromatic rings. The van der Waals surface area contributed by atoms with Gasteiger partial charge in [0.15, 0.2) is 17.5 Å². The van der Waals surface area contributed by atoms with Crippen molar-refractivity contribution in [1.82, 2.24) is 9.78 Å². The number of hydrogen-bond donors (Lipinski definition) is 2. The first kappa shape index (κ1) is 23.5. The van der Waals surface area contributed by atoms with Gasteiger partial charge in [0.05, 0.1) is 26.5 Å². The van der Waals surface area contributed by atoms with Gasteiger partial charge in [0.2, 0.25) is 0 Å². The number of amides is 1. The SMILES string of the molecule is COc1ccc([C@@H]2C[C@H](C(F)(F)F)n3ncc(C(=O)Nc4cccc(C)c4C)c3N2)cc1OC. The van der Waals surface area contributed by atoms with Crippen molar-refractivity contribution in [2.24, 2.45) is 0 Å². The highest BCUT2D eigenvalue weighted by molar-refractivity contribution is 6.08. The Kier molecular flexibility index (Phi) is 6.16. The summed E-state index contributed by atoms with van der Waals surface area (Å²) in [6.07, 6.45) is -3.69. The van der Waals surface area contributed by atoms with E-state index in [1.807, 2.05) is 19.9 Å². The van der Waals surface area contributed by atoms with Gasteiger partial charge in [-0.05, 0) is 48.7 Å². The normalized spacial score (nSPS) is 17.5. The number of alkyl halides is 3. The van der Waals surface area contributed by atoms with Crippen LogP contribution in [0.3, 0.4) is 0 Å². The Morgan fingerprint density at radius 1 is 1.15 bits per heavy atom. The fourth-order valence-electron chi connectivity index (χ4n) is 4.09. The Labute approximate surface area is 194 Å². The molecule has 2 aromatic carbocycles. The van der Waals surface area contributed by atoms with Crippen molar-refractivity contribution >= 4 is 17.4 Å². The van der Waals surface area contributed by atoms with Crippen molar-refractivity contribution in [2.75, 3.05) is 24.9 Å². The number of halogens is 3. The standard InChI is InChI=1S/C24H25F3N4O3/c1-13-6-5-7-17(14(13)2)30-23(32)16-12-28-31-21(24(25,26)27)11-18(29-22(16)31)15-8-9-19(33-3)20(10-15)34-4/h5-10,12,18,21,29H,11H2,1-4H3,(H,30,32)/t18-,21+/m0/s1. The molecule has 10 heteroatoms. The quantitative estimate of drug-likeness (QED) is 0.516. The zero-order chi connectivity index (χ0) is 24.6. The molecule has 0 unspecified atom stereocenters. The highest BCUT2D eigenvalue weighted by atomic mass is 19.4. The third kappa shape index (κ3) is 4.27. The maximum absolute atomic E-state index is 14.0. The third-order valence-electron chi connectivity index (χ3n) is 6.15. The molecule has 180 valence electrons. The van der Waals surface area contributed by atoms with Crippen LogP contribution in [-0.2, 0) is 0 Å². The molecular weight excluding hydrogens is 449 g/mol. The van der Waals surface area contributed by atoms with Crippen LogP contribution in [0.15, 0.2) is 42.6 Å². The van der Waals surface area contributed by atoms with Crippen LogP contribution in [0.4, 0.5) is 24.7 Å². The molecule has 0 radical (unpaired) electrons. The number of fused-ring (bicyclic) bond motifs is 1. The molecule has 1 aliphatic rings. The molecule has 0 saturated carbocycles. The van der Waals surface area contributed by atoms with Crippen molar-refractivity contribution in [3.8, 4) is 11.5 Å². The number of nitrogens with zero attached hydrogens (tertiary/aromatic N) is 2. The second-order valence-electron chi connectivity index (χ2n) is 8.16. The van der Waals surface area contributed by atoms with Gasteiger partial charge in [-0.15, -0.1) is 0 Å². The molecule has 4 rings (SSSR count). The van der Waals surface area contributed by atoms with Gasteiger partial charge in [0.1, 0.15) is 11.4 Å². The average molecular weight is 474 g/mol. The lowest BCUT2D eigenvalue weighted by Gasteiger charge is -2.34. The lowest BCUT2D eigenvalue weighted by Crippen LogP contribution is -2.36. The van der Waals surface area contributed by atoms with E-state index < -0.39 is 24.2 Å². The van der Waals surface area contributed by atoms with E-state index in [0.29, 0.717) is 22.7 Å². The summed E-state index contributed by atoms with van der Waals surface area (Å²) in [5.74, 6) is 0.331. The summed E-state index contributed by atoms with van der Waals surface area (Å²) in [7, 11) is 2.94. The van der Waals surface area contributed by atoms with E-state index in [0.717, 1.165) is 15.8 Å². The van der Waals surface area contributed by atoms with Crippen LogP contribution >= 0.6 is 0 Å². The Morgan fingerprint density at radius 3 is 2.56 bits per heavy atom. The number of carbonyl (C=O) groups excluding carboxylic acids is 1.